The SMILES string of the molecule is C#CCCC1(C#CO)C=CC=CN=N1. The van der Waals surface area contributed by atoms with E-state index in [2.05, 4.69) is 22.1 Å². The van der Waals surface area contributed by atoms with E-state index in [9.17, 15) is 0 Å². The lowest BCUT2D eigenvalue weighted by molar-refractivity contribution is 0.508. The summed E-state index contributed by atoms with van der Waals surface area (Å²) in [5, 5.41) is 16.4. The number of azo groups is 1. The van der Waals surface area contributed by atoms with Gasteiger partial charge >= 0.3 is 0 Å². The molecule has 0 saturated heterocycles. The number of allylic oxidation sites excluding steroid dienone is 2. The first kappa shape index (κ1) is 10.1. The Morgan fingerprint density at radius 1 is 1.43 bits per heavy atom. The molecular formula is C11H10N2O. The first-order valence-corrected chi connectivity index (χ1v) is 4.19. The Morgan fingerprint density at radius 3 is 3.00 bits per heavy atom. The maximum atomic E-state index is 8.61. The summed E-state index contributed by atoms with van der Waals surface area (Å²) in [5.41, 5.74) is -0.773. The lowest BCUT2D eigenvalue weighted by Crippen LogP contribution is -2.20. The monoisotopic (exact) mass is 186 g/mol. The highest BCUT2D eigenvalue weighted by Crippen LogP contribution is 2.21. The van der Waals surface area contributed by atoms with Crippen molar-refractivity contribution in [2.45, 2.75) is 18.4 Å². The van der Waals surface area contributed by atoms with Crippen molar-refractivity contribution in [3.63, 3.8) is 0 Å². The van der Waals surface area contributed by atoms with Crippen molar-refractivity contribution in [3.05, 3.63) is 24.4 Å². The molecule has 1 heterocycles. The average Bonchev–Trinajstić information content (AvgIpc) is 2.42. The molecule has 1 unspecified atom stereocenters. The van der Waals surface area contributed by atoms with Crippen LogP contribution in [0.3, 0.4) is 0 Å². The maximum Gasteiger partial charge on any atom is 0.164 e. The average molecular weight is 186 g/mol. The zero-order chi connectivity index (χ0) is 10.3. The lowest BCUT2D eigenvalue weighted by atomic mass is 9.95. The molecule has 14 heavy (non-hydrogen) atoms. The molecule has 1 aliphatic heterocycles. The molecule has 0 amide bonds. The van der Waals surface area contributed by atoms with Crippen LogP contribution in [-0.4, -0.2) is 10.6 Å². The van der Waals surface area contributed by atoms with Gasteiger partial charge in [-0.1, -0.05) is 6.08 Å². The third-order valence-corrected chi connectivity index (χ3v) is 1.79. The Kier molecular flexibility index (Phi) is 3.52. The van der Waals surface area contributed by atoms with Crippen LogP contribution in [0, 0.1) is 24.4 Å². The molecule has 1 rings (SSSR count). The van der Waals surface area contributed by atoms with Gasteiger partial charge in [-0.25, -0.2) is 0 Å². The minimum atomic E-state index is -0.773. The van der Waals surface area contributed by atoms with Crippen LogP contribution in [0.4, 0.5) is 0 Å². The van der Waals surface area contributed by atoms with E-state index in [0.717, 1.165) is 0 Å². The van der Waals surface area contributed by atoms with E-state index in [1.807, 2.05) is 6.11 Å². The van der Waals surface area contributed by atoms with E-state index in [1.54, 1.807) is 24.4 Å². The van der Waals surface area contributed by atoms with Crippen molar-refractivity contribution < 1.29 is 5.11 Å². The summed E-state index contributed by atoms with van der Waals surface area (Å²) in [5.74, 6) is 5.11. The van der Waals surface area contributed by atoms with Gasteiger partial charge in [-0.3, -0.25) is 0 Å². The van der Waals surface area contributed by atoms with Crippen LogP contribution < -0.4 is 0 Å². The van der Waals surface area contributed by atoms with Gasteiger partial charge in [0, 0.05) is 19.0 Å². The van der Waals surface area contributed by atoms with E-state index < -0.39 is 5.54 Å². The summed E-state index contributed by atoms with van der Waals surface area (Å²) in [6, 6.07) is 0. The van der Waals surface area contributed by atoms with Crippen LogP contribution >= 0.6 is 0 Å². The maximum absolute atomic E-state index is 8.61. The summed E-state index contributed by atoms with van der Waals surface area (Å²) >= 11 is 0. The normalized spacial score (nSPS) is 23.4. The third-order valence-electron chi connectivity index (χ3n) is 1.79. The largest absolute Gasteiger partial charge is 0.462 e. The standard InChI is InChI=1S/C11H10N2O/c1-2-3-6-11(8-10-14)7-4-5-9-12-13-11/h1,4-5,7,9,14H,3,6H2. The molecule has 0 aromatic heterocycles. The van der Waals surface area contributed by atoms with Gasteiger partial charge in [-0.05, 0) is 18.1 Å². The van der Waals surface area contributed by atoms with Crippen molar-refractivity contribution in [2.24, 2.45) is 10.2 Å². The van der Waals surface area contributed by atoms with Crippen LogP contribution in [0.25, 0.3) is 0 Å². The number of terminal acetylenes is 1. The van der Waals surface area contributed by atoms with Gasteiger partial charge in [0.05, 0.1) is 0 Å². The minimum Gasteiger partial charge on any atom is -0.462 e. The molecule has 0 aliphatic carbocycles. The number of rotatable bonds is 2. The van der Waals surface area contributed by atoms with Crippen LogP contribution in [0.15, 0.2) is 34.7 Å². The van der Waals surface area contributed by atoms with Crippen LogP contribution in [0.2, 0.25) is 0 Å². The number of hydrogen-bond donors (Lipinski definition) is 1. The predicted molar refractivity (Wildman–Crippen MR) is 53.6 cm³/mol. The second kappa shape index (κ2) is 4.89. The molecule has 0 radical (unpaired) electrons. The fourth-order valence-corrected chi connectivity index (χ4v) is 1.09. The van der Waals surface area contributed by atoms with E-state index in [1.165, 1.54) is 0 Å². The quantitative estimate of drug-likeness (QED) is 0.659. The van der Waals surface area contributed by atoms with Gasteiger partial charge in [0.1, 0.15) is 6.11 Å². The molecule has 70 valence electrons. The van der Waals surface area contributed by atoms with Gasteiger partial charge in [-0.15, -0.1) is 12.3 Å². The smallest absolute Gasteiger partial charge is 0.164 e. The van der Waals surface area contributed by atoms with Gasteiger partial charge in [0.15, 0.2) is 5.54 Å². The molecule has 1 aliphatic rings. The minimum absolute atomic E-state index is 0.540. The fourth-order valence-electron chi connectivity index (χ4n) is 1.09. The number of hydrogen-bond acceptors (Lipinski definition) is 3. The van der Waals surface area contributed by atoms with Gasteiger partial charge in [0.2, 0.25) is 0 Å². The Hall–Kier alpha value is -2.00. The molecule has 0 fully saturated rings. The molecule has 0 saturated carbocycles. The first-order chi connectivity index (χ1) is 6.83. The summed E-state index contributed by atoms with van der Waals surface area (Å²) in [7, 11) is 0. The van der Waals surface area contributed by atoms with E-state index in [-0.39, 0.29) is 0 Å². The Balaban J connectivity index is 2.91. The summed E-state index contributed by atoms with van der Waals surface area (Å²) < 4.78 is 0. The Morgan fingerprint density at radius 2 is 2.29 bits per heavy atom. The summed E-state index contributed by atoms with van der Waals surface area (Å²) in [6.45, 7) is 0. The predicted octanol–water partition coefficient (Wildman–Crippen LogP) is 2.01. The van der Waals surface area contributed by atoms with E-state index >= 15 is 0 Å². The van der Waals surface area contributed by atoms with E-state index in [0.29, 0.717) is 12.8 Å². The van der Waals surface area contributed by atoms with Crippen molar-refractivity contribution in [1.29, 1.82) is 0 Å². The molecule has 0 bridgehead atoms. The number of aliphatic hydroxyl groups is 1. The summed E-state index contributed by atoms with van der Waals surface area (Å²) in [6.07, 6.45) is 15.0. The molecule has 0 aromatic carbocycles. The zero-order valence-electron chi connectivity index (χ0n) is 7.64. The molecule has 0 spiro atoms. The Bertz CT molecular complexity index is 358. The van der Waals surface area contributed by atoms with Gasteiger partial charge in [0.25, 0.3) is 0 Å². The van der Waals surface area contributed by atoms with Gasteiger partial charge < -0.3 is 5.11 Å². The second-order valence-electron chi connectivity index (χ2n) is 2.78. The lowest BCUT2D eigenvalue weighted by Gasteiger charge is -2.15. The molecule has 1 atom stereocenters. The highest BCUT2D eigenvalue weighted by Gasteiger charge is 2.24. The zero-order valence-corrected chi connectivity index (χ0v) is 7.64. The van der Waals surface area contributed by atoms with E-state index in [4.69, 9.17) is 11.5 Å². The van der Waals surface area contributed by atoms with Crippen LogP contribution in [0.5, 0.6) is 0 Å². The molecule has 1 N–H and O–H groups in total. The van der Waals surface area contributed by atoms with Crippen molar-refractivity contribution >= 4 is 0 Å². The third kappa shape index (κ3) is 2.50. The highest BCUT2D eigenvalue weighted by atomic mass is 16.2. The van der Waals surface area contributed by atoms with Crippen molar-refractivity contribution in [2.75, 3.05) is 0 Å². The van der Waals surface area contributed by atoms with Crippen LogP contribution in [0.1, 0.15) is 12.8 Å². The Labute approximate surface area is 83.2 Å². The fraction of sp³-hybridized carbons (Fsp3) is 0.273. The van der Waals surface area contributed by atoms with Crippen molar-refractivity contribution in [3.8, 4) is 24.4 Å². The summed E-state index contributed by atoms with van der Waals surface area (Å²) in [4.78, 5) is 0. The first-order valence-electron chi connectivity index (χ1n) is 4.19. The topological polar surface area (TPSA) is 45.0 Å². The number of nitrogens with zero attached hydrogens (tertiary/aromatic N) is 2. The van der Waals surface area contributed by atoms with Gasteiger partial charge in [-0.2, -0.15) is 10.2 Å². The van der Waals surface area contributed by atoms with Crippen LogP contribution in [-0.2, 0) is 0 Å². The molecule has 0 aromatic rings. The molecule has 3 nitrogen and oxygen atoms in total. The number of aliphatic hydroxyl groups excluding tert-OH is 1. The second-order valence-corrected chi connectivity index (χ2v) is 2.78. The molecular weight excluding hydrogens is 176 g/mol. The highest BCUT2D eigenvalue weighted by molar-refractivity contribution is 5.28. The molecule has 3 heteroatoms. The van der Waals surface area contributed by atoms with Crippen molar-refractivity contribution in [1.82, 2.24) is 0 Å².